The van der Waals surface area contributed by atoms with Gasteiger partial charge in [-0.1, -0.05) is 18.2 Å². The van der Waals surface area contributed by atoms with Gasteiger partial charge in [0.05, 0.1) is 17.1 Å². The van der Waals surface area contributed by atoms with Gasteiger partial charge in [0.2, 0.25) is 0 Å². The number of hydrogen-bond acceptors (Lipinski definition) is 3. The Morgan fingerprint density at radius 2 is 1.87 bits per heavy atom. The number of rotatable bonds is 1. The zero-order chi connectivity index (χ0) is 15.8. The number of piperidine rings is 1. The van der Waals surface area contributed by atoms with E-state index < -0.39 is 0 Å². The molecule has 4 rings (SSSR count). The number of benzene rings is 2. The van der Waals surface area contributed by atoms with Gasteiger partial charge in [-0.25, -0.2) is 0 Å². The highest BCUT2D eigenvalue weighted by atomic mass is 127. The summed E-state index contributed by atoms with van der Waals surface area (Å²) < 4.78 is 1.22. The van der Waals surface area contributed by atoms with Gasteiger partial charge in [0, 0.05) is 20.7 Å². The molecular weight excluding hydrogens is 397 g/mol. The average Bonchev–Trinajstić information content (AvgIpc) is 2.72. The molecule has 0 saturated carbocycles. The summed E-state index contributed by atoms with van der Waals surface area (Å²) in [6.07, 6.45) is 2.37. The predicted octanol–water partition coefficient (Wildman–Crippen LogP) is 4.81. The molecule has 0 atom stereocenters. The molecule has 0 spiro atoms. The number of likely N-dealkylation sites (tertiary alicyclic amines) is 1. The molecule has 2 aromatic carbocycles. The van der Waals surface area contributed by atoms with E-state index in [9.17, 15) is 0 Å². The summed E-state index contributed by atoms with van der Waals surface area (Å²) in [7, 11) is 2.21. The lowest BCUT2D eigenvalue weighted by Gasteiger charge is -2.30. The minimum absolute atomic E-state index is 0.540. The SMILES string of the molecule is CN1CCC(C2=Nc3cc(I)ccc3Nc3ccccc32)CC1. The van der Waals surface area contributed by atoms with Crippen LogP contribution in [0.1, 0.15) is 18.4 Å². The first-order chi connectivity index (χ1) is 11.2. The number of para-hydroxylation sites is 1. The van der Waals surface area contributed by atoms with Crippen molar-refractivity contribution in [1.29, 1.82) is 0 Å². The number of nitrogens with one attached hydrogen (secondary N) is 1. The third kappa shape index (κ3) is 3.02. The fraction of sp³-hybridized carbons (Fsp3) is 0.316. The molecular formula is C19H20IN3. The average molecular weight is 417 g/mol. The van der Waals surface area contributed by atoms with Crippen molar-refractivity contribution in [3.05, 3.63) is 51.6 Å². The smallest absolute Gasteiger partial charge is 0.0878 e. The molecule has 0 amide bonds. The van der Waals surface area contributed by atoms with Gasteiger partial charge in [-0.15, -0.1) is 0 Å². The zero-order valence-corrected chi connectivity index (χ0v) is 15.4. The fourth-order valence-electron chi connectivity index (χ4n) is 3.45. The Bertz CT molecular complexity index is 761. The highest BCUT2D eigenvalue weighted by molar-refractivity contribution is 14.1. The van der Waals surface area contributed by atoms with Gasteiger partial charge in [0.15, 0.2) is 0 Å². The maximum atomic E-state index is 5.12. The van der Waals surface area contributed by atoms with E-state index in [2.05, 4.69) is 82.3 Å². The maximum Gasteiger partial charge on any atom is 0.0878 e. The van der Waals surface area contributed by atoms with Crippen LogP contribution in [0.2, 0.25) is 0 Å². The molecule has 1 N–H and O–H groups in total. The molecule has 0 radical (unpaired) electrons. The topological polar surface area (TPSA) is 27.6 Å². The summed E-state index contributed by atoms with van der Waals surface area (Å²) in [5, 5.41) is 3.58. The molecule has 1 fully saturated rings. The van der Waals surface area contributed by atoms with Gasteiger partial charge in [-0.05, 0) is 79.8 Å². The van der Waals surface area contributed by atoms with E-state index in [4.69, 9.17) is 4.99 Å². The van der Waals surface area contributed by atoms with Crippen molar-refractivity contribution >= 4 is 45.4 Å². The maximum absolute atomic E-state index is 5.12. The first kappa shape index (κ1) is 15.1. The van der Waals surface area contributed by atoms with Crippen LogP contribution < -0.4 is 5.32 Å². The quantitative estimate of drug-likeness (QED) is 0.675. The van der Waals surface area contributed by atoms with Crippen molar-refractivity contribution in [2.75, 3.05) is 25.5 Å². The van der Waals surface area contributed by atoms with Crippen LogP contribution >= 0.6 is 22.6 Å². The minimum atomic E-state index is 0.540. The van der Waals surface area contributed by atoms with Gasteiger partial charge in [0.25, 0.3) is 0 Å². The van der Waals surface area contributed by atoms with Crippen LogP contribution in [-0.2, 0) is 0 Å². The number of aliphatic imine (C=N–C) groups is 1. The molecule has 0 aliphatic carbocycles. The van der Waals surface area contributed by atoms with Crippen molar-refractivity contribution in [1.82, 2.24) is 4.90 Å². The zero-order valence-electron chi connectivity index (χ0n) is 13.2. The monoisotopic (exact) mass is 417 g/mol. The molecule has 118 valence electrons. The number of fused-ring (bicyclic) bond motifs is 2. The molecule has 0 aromatic heterocycles. The van der Waals surface area contributed by atoms with Crippen LogP contribution in [0, 0.1) is 9.49 Å². The Labute approximate surface area is 150 Å². The van der Waals surface area contributed by atoms with Gasteiger partial charge < -0.3 is 10.2 Å². The first-order valence-corrected chi connectivity index (χ1v) is 9.22. The molecule has 2 heterocycles. The summed E-state index contributed by atoms with van der Waals surface area (Å²) in [4.78, 5) is 7.53. The second kappa shape index (κ2) is 6.24. The van der Waals surface area contributed by atoms with Gasteiger partial charge in [-0.3, -0.25) is 4.99 Å². The summed E-state index contributed by atoms with van der Waals surface area (Å²) >= 11 is 2.36. The third-order valence-electron chi connectivity index (χ3n) is 4.78. The second-order valence-corrected chi connectivity index (χ2v) is 7.65. The summed E-state index contributed by atoms with van der Waals surface area (Å²) in [6, 6.07) is 15.0. The van der Waals surface area contributed by atoms with Gasteiger partial charge in [0.1, 0.15) is 0 Å². The molecule has 2 aliphatic heterocycles. The fourth-order valence-corrected chi connectivity index (χ4v) is 3.92. The summed E-state index contributed by atoms with van der Waals surface area (Å²) in [6.45, 7) is 2.30. The summed E-state index contributed by atoms with van der Waals surface area (Å²) in [5.41, 5.74) is 5.84. The highest BCUT2D eigenvalue weighted by Crippen LogP contribution is 2.37. The Kier molecular flexibility index (Phi) is 4.11. The lowest BCUT2D eigenvalue weighted by atomic mass is 9.87. The van der Waals surface area contributed by atoms with E-state index >= 15 is 0 Å². The largest absolute Gasteiger partial charge is 0.353 e. The lowest BCUT2D eigenvalue weighted by Crippen LogP contribution is -2.33. The van der Waals surface area contributed by atoms with E-state index in [0.29, 0.717) is 5.92 Å². The summed E-state index contributed by atoms with van der Waals surface area (Å²) in [5.74, 6) is 0.540. The van der Waals surface area contributed by atoms with Crippen molar-refractivity contribution in [2.45, 2.75) is 12.8 Å². The number of halogens is 1. The van der Waals surface area contributed by atoms with Crippen LogP contribution in [0.25, 0.3) is 0 Å². The number of nitrogens with zero attached hydrogens (tertiary/aromatic N) is 2. The van der Waals surface area contributed by atoms with Crippen molar-refractivity contribution in [3.8, 4) is 0 Å². The number of anilines is 2. The minimum Gasteiger partial charge on any atom is -0.353 e. The molecule has 23 heavy (non-hydrogen) atoms. The van der Waals surface area contributed by atoms with Crippen LogP contribution in [0.3, 0.4) is 0 Å². The van der Waals surface area contributed by atoms with Crippen molar-refractivity contribution in [2.24, 2.45) is 10.9 Å². The van der Waals surface area contributed by atoms with Crippen molar-refractivity contribution in [3.63, 3.8) is 0 Å². The van der Waals surface area contributed by atoms with Crippen LogP contribution in [0.15, 0.2) is 47.5 Å². The van der Waals surface area contributed by atoms with Crippen LogP contribution in [0.4, 0.5) is 17.1 Å². The molecule has 4 heteroatoms. The van der Waals surface area contributed by atoms with Crippen LogP contribution in [0.5, 0.6) is 0 Å². The van der Waals surface area contributed by atoms with E-state index in [1.807, 2.05) is 0 Å². The molecule has 2 aliphatic rings. The Morgan fingerprint density at radius 1 is 1.09 bits per heavy atom. The van der Waals surface area contributed by atoms with Crippen LogP contribution in [-0.4, -0.2) is 30.7 Å². The van der Waals surface area contributed by atoms with Gasteiger partial charge in [-0.2, -0.15) is 0 Å². The normalized spacial score (nSPS) is 18.4. The molecule has 1 saturated heterocycles. The Hall–Kier alpha value is -1.40. The van der Waals surface area contributed by atoms with E-state index in [-0.39, 0.29) is 0 Å². The lowest BCUT2D eigenvalue weighted by molar-refractivity contribution is 0.252. The molecule has 0 bridgehead atoms. The van der Waals surface area contributed by atoms with Gasteiger partial charge >= 0.3 is 0 Å². The van der Waals surface area contributed by atoms with E-state index in [0.717, 1.165) is 24.5 Å². The van der Waals surface area contributed by atoms with Crippen molar-refractivity contribution < 1.29 is 0 Å². The second-order valence-electron chi connectivity index (χ2n) is 6.41. The first-order valence-electron chi connectivity index (χ1n) is 8.14. The highest BCUT2D eigenvalue weighted by Gasteiger charge is 2.26. The standard InChI is InChI=1S/C19H20IN3/c1-23-10-8-13(9-11-23)19-15-4-2-3-5-16(15)21-17-7-6-14(20)12-18(17)22-19/h2-7,12-13,21H,8-11H2,1H3. The Morgan fingerprint density at radius 3 is 2.70 bits per heavy atom. The third-order valence-corrected chi connectivity index (χ3v) is 5.45. The van der Waals surface area contributed by atoms with E-state index in [1.165, 1.54) is 33.4 Å². The molecule has 0 unspecified atom stereocenters. The van der Waals surface area contributed by atoms with E-state index in [1.54, 1.807) is 0 Å². The molecule has 2 aromatic rings. The Balaban J connectivity index is 1.83. The number of hydrogen-bond donors (Lipinski definition) is 1. The molecule has 3 nitrogen and oxygen atoms in total. The predicted molar refractivity (Wildman–Crippen MR) is 105 cm³/mol.